The van der Waals surface area contributed by atoms with Gasteiger partial charge in [0.1, 0.15) is 4.90 Å². The van der Waals surface area contributed by atoms with Crippen molar-refractivity contribution in [3.63, 3.8) is 0 Å². The topological polar surface area (TPSA) is 76.0 Å². The van der Waals surface area contributed by atoms with Gasteiger partial charge < -0.3 is 5.32 Å². The molecule has 0 bridgehead atoms. The minimum absolute atomic E-state index is 0.163. The first-order chi connectivity index (χ1) is 9.54. The molecule has 0 fully saturated rings. The molecule has 0 amide bonds. The Labute approximate surface area is 117 Å². The predicted molar refractivity (Wildman–Crippen MR) is 77.3 cm³/mol. The standard InChI is InChI=1S/C13H16N4O2S/c1-17-9-12(8-15-17)20(18,19)16-11-4-5-13-10(7-11)3-2-6-14-13/h4-5,7-9,14,16H,2-3,6H2,1H3. The number of hydrogen-bond acceptors (Lipinski definition) is 4. The molecule has 0 radical (unpaired) electrons. The normalized spacial score (nSPS) is 14.4. The van der Waals surface area contributed by atoms with E-state index in [-0.39, 0.29) is 4.90 Å². The molecular weight excluding hydrogens is 276 g/mol. The fourth-order valence-electron chi connectivity index (χ4n) is 2.29. The van der Waals surface area contributed by atoms with E-state index in [0.717, 1.165) is 30.6 Å². The van der Waals surface area contributed by atoms with Crippen molar-refractivity contribution >= 4 is 21.4 Å². The summed E-state index contributed by atoms with van der Waals surface area (Å²) in [6.45, 7) is 0.966. The van der Waals surface area contributed by atoms with Gasteiger partial charge >= 0.3 is 0 Å². The van der Waals surface area contributed by atoms with Gasteiger partial charge in [0.25, 0.3) is 10.0 Å². The van der Waals surface area contributed by atoms with E-state index in [1.54, 1.807) is 13.1 Å². The number of benzene rings is 1. The predicted octanol–water partition coefficient (Wildman–Crippen LogP) is 1.58. The van der Waals surface area contributed by atoms with Gasteiger partial charge in [0, 0.05) is 31.2 Å². The molecule has 6 nitrogen and oxygen atoms in total. The minimum Gasteiger partial charge on any atom is -0.385 e. The highest BCUT2D eigenvalue weighted by Crippen LogP contribution is 2.26. The van der Waals surface area contributed by atoms with Gasteiger partial charge in [-0.25, -0.2) is 8.42 Å². The van der Waals surface area contributed by atoms with E-state index in [2.05, 4.69) is 15.1 Å². The zero-order chi connectivity index (χ0) is 14.2. The van der Waals surface area contributed by atoms with E-state index in [0.29, 0.717) is 5.69 Å². The number of nitrogens with one attached hydrogen (secondary N) is 2. The number of anilines is 2. The molecular formula is C13H16N4O2S. The van der Waals surface area contributed by atoms with E-state index >= 15 is 0 Å². The smallest absolute Gasteiger partial charge is 0.265 e. The SMILES string of the molecule is Cn1cc(S(=O)(=O)Nc2ccc3c(c2)CCCN3)cn1. The average Bonchev–Trinajstić information content (AvgIpc) is 2.86. The third kappa shape index (κ3) is 2.49. The monoisotopic (exact) mass is 292 g/mol. The Morgan fingerprint density at radius 1 is 1.40 bits per heavy atom. The van der Waals surface area contributed by atoms with Crippen molar-refractivity contribution in [2.75, 3.05) is 16.6 Å². The van der Waals surface area contributed by atoms with Gasteiger partial charge in [0.05, 0.1) is 6.20 Å². The van der Waals surface area contributed by atoms with Crippen LogP contribution in [0, 0.1) is 0 Å². The fourth-order valence-corrected chi connectivity index (χ4v) is 3.32. The van der Waals surface area contributed by atoms with Crippen molar-refractivity contribution in [1.29, 1.82) is 0 Å². The largest absolute Gasteiger partial charge is 0.385 e. The summed E-state index contributed by atoms with van der Waals surface area (Å²) in [6.07, 6.45) is 4.83. The summed E-state index contributed by atoms with van der Waals surface area (Å²) in [4.78, 5) is 0.163. The lowest BCUT2D eigenvalue weighted by molar-refractivity contribution is 0.601. The van der Waals surface area contributed by atoms with E-state index < -0.39 is 10.0 Å². The summed E-state index contributed by atoms with van der Waals surface area (Å²) < 4.78 is 28.5. The molecule has 1 aliphatic rings. The zero-order valence-corrected chi connectivity index (χ0v) is 11.9. The van der Waals surface area contributed by atoms with Crippen LogP contribution in [0.5, 0.6) is 0 Å². The molecule has 1 aromatic heterocycles. The van der Waals surface area contributed by atoms with Crippen LogP contribution in [0.2, 0.25) is 0 Å². The lowest BCUT2D eigenvalue weighted by atomic mass is 10.0. The van der Waals surface area contributed by atoms with Gasteiger partial charge in [-0.2, -0.15) is 5.10 Å². The van der Waals surface area contributed by atoms with E-state index in [9.17, 15) is 8.42 Å². The molecule has 3 rings (SSSR count). The van der Waals surface area contributed by atoms with Crippen LogP contribution in [0.25, 0.3) is 0 Å². The number of hydrogen-bond donors (Lipinski definition) is 2. The molecule has 20 heavy (non-hydrogen) atoms. The number of nitrogens with zero attached hydrogens (tertiary/aromatic N) is 2. The second-order valence-electron chi connectivity index (χ2n) is 4.86. The quantitative estimate of drug-likeness (QED) is 0.900. The van der Waals surface area contributed by atoms with Gasteiger partial charge in [-0.3, -0.25) is 9.40 Å². The van der Waals surface area contributed by atoms with E-state index in [4.69, 9.17) is 0 Å². The Kier molecular flexibility index (Phi) is 3.13. The molecule has 0 unspecified atom stereocenters. The number of fused-ring (bicyclic) bond motifs is 1. The molecule has 2 heterocycles. The summed E-state index contributed by atoms with van der Waals surface area (Å²) in [5.41, 5.74) is 2.81. The van der Waals surface area contributed by atoms with Crippen LogP contribution < -0.4 is 10.0 Å². The highest BCUT2D eigenvalue weighted by atomic mass is 32.2. The number of aryl methyl sites for hydroxylation is 2. The van der Waals surface area contributed by atoms with Gasteiger partial charge in [-0.1, -0.05) is 0 Å². The Bertz CT molecular complexity index is 737. The number of sulfonamides is 1. The van der Waals surface area contributed by atoms with Crippen LogP contribution in [0.3, 0.4) is 0 Å². The third-order valence-electron chi connectivity index (χ3n) is 3.29. The van der Waals surface area contributed by atoms with Crippen molar-refractivity contribution in [2.24, 2.45) is 7.05 Å². The molecule has 0 saturated heterocycles. The molecule has 106 valence electrons. The Morgan fingerprint density at radius 3 is 3.00 bits per heavy atom. The lowest BCUT2D eigenvalue weighted by Gasteiger charge is -2.18. The van der Waals surface area contributed by atoms with E-state index in [1.807, 2.05) is 12.1 Å². The van der Waals surface area contributed by atoms with Gasteiger partial charge in [0.15, 0.2) is 0 Å². The maximum Gasteiger partial charge on any atom is 0.265 e. The van der Waals surface area contributed by atoms with Crippen LogP contribution in [0.1, 0.15) is 12.0 Å². The van der Waals surface area contributed by atoms with Crippen molar-refractivity contribution < 1.29 is 8.42 Å². The number of rotatable bonds is 3. The molecule has 1 aliphatic heterocycles. The van der Waals surface area contributed by atoms with Crippen molar-refractivity contribution in [3.8, 4) is 0 Å². The lowest BCUT2D eigenvalue weighted by Crippen LogP contribution is -2.15. The molecule has 2 aromatic rings. The van der Waals surface area contributed by atoms with Crippen molar-refractivity contribution in [2.45, 2.75) is 17.7 Å². The molecule has 0 saturated carbocycles. The summed E-state index contributed by atoms with van der Waals surface area (Å²) in [5.74, 6) is 0. The molecule has 7 heteroatoms. The second kappa shape index (κ2) is 4.82. The Hall–Kier alpha value is -2.02. The van der Waals surface area contributed by atoms with Gasteiger partial charge in [0.2, 0.25) is 0 Å². The van der Waals surface area contributed by atoms with Crippen LogP contribution >= 0.6 is 0 Å². The third-order valence-corrected chi connectivity index (χ3v) is 4.62. The Balaban J connectivity index is 1.87. The molecule has 2 N–H and O–H groups in total. The average molecular weight is 292 g/mol. The number of aromatic nitrogens is 2. The zero-order valence-electron chi connectivity index (χ0n) is 11.1. The van der Waals surface area contributed by atoms with Gasteiger partial charge in [-0.05, 0) is 36.6 Å². The second-order valence-corrected chi connectivity index (χ2v) is 6.54. The summed E-state index contributed by atoms with van der Waals surface area (Å²) >= 11 is 0. The van der Waals surface area contributed by atoms with Crippen LogP contribution in [-0.4, -0.2) is 24.7 Å². The van der Waals surface area contributed by atoms with Crippen molar-refractivity contribution in [1.82, 2.24) is 9.78 Å². The Morgan fingerprint density at radius 2 is 2.25 bits per heavy atom. The van der Waals surface area contributed by atoms with Crippen LogP contribution in [-0.2, 0) is 23.5 Å². The minimum atomic E-state index is -3.57. The summed E-state index contributed by atoms with van der Waals surface area (Å²) in [6, 6.07) is 5.57. The fraction of sp³-hybridized carbons (Fsp3) is 0.308. The maximum absolute atomic E-state index is 12.2. The first kappa shape index (κ1) is 13.0. The van der Waals surface area contributed by atoms with E-state index in [1.165, 1.54) is 17.1 Å². The molecule has 0 atom stereocenters. The maximum atomic E-state index is 12.2. The van der Waals surface area contributed by atoms with Gasteiger partial charge in [-0.15, -0.1) is 0 Å². The van der Waals surface area contributed by atoms with Crippen molar-refractivity contribution in [3.05, 3.63) is 36.2 Å². The highest BCUT2D eigenvalue weighted by molar-refractivity contribution is 7.92. The van der Waals surface area contributed by atoms with Crippen LogP contribution in [0.15, 0.2) is 35.5 Å². The van der Waals surface area contributed by atoms with Crippen LogP contribution in [0.4, 0.5) is 11.4 Å². The first-order valence-electron chi connectivity index (χ1n) is 6.43. The first-order valence-corrected chi connectivity index (χ1v) is 7.91. The molecule has 1 aromatic carbocycles. The molecule has 0 spiro atoms. The highest BCUT2D eigenvalue weighted by Gasteiger charge is 2.17. The summed E-state index contributed by atoms with van der Waals surface area (Å²) in [5, 5.41) is 7.18. The summed E-state index contributed by atoms with van der Waals surface area (Å²) in [7, 11) is -1.89. The molecule has 0 aliphatic carbocycles.